The molecule has 0 aromatic heterocycles. The first-order valence-electron chi connectivity index (χ1n) is 12.9. The van der Waals surface area contributed by atoms with Crippen molar-refractivity contribution in [2.24, 2.45) is 5.92 Å². The third-order valence-corrected chi connectivity index (χ3v) is 6.94. The number of halogens is 2. The van der Waals surface area contributed by atoms with Gasteiger partial charge in [0.25, 0.3) is 0 Å². The molecule has 2 amide bonds. The van der Waals surface area contributed by atoms with E-state index >= 15 is 0 Å². The summed E-state index contributed by atoms with van der Waals surface area (Å²) in [4.78, 5) is 27.3. The van der Waals surface area contributed by atoms with Crippen molar-refractivity contribution in [3.63, 3.8) is 0 Å². The summed E-state index contributed by atoms with van der Waals surface area (Å²) in [6.07, 6.45) is 3.52. The number of rotatable bonds is 12. The molecule has 0 saturated carbocycles. The van der Waals surface area contributed by atoms with Crippen LogP contribution in [0, 0.1) is 17.6 Å². The Morgan fingerprint density at radius 3 is 2.69 bits per heavy atom. The predicted octanol–water partition coefficient (Wildman–Crippen LogP) is 2.55. The number of piperidine rings is 1. The Balaban J connectivity index is 1.71. The molecule has 3 N–H and O–H groups in total. The maximum Gasteiger partial charge on any atom is 0.225 e. The van der Waals surface area contributed by atoms with E-state index in [1.54, 1.807) is 4.90 Å². The summed E-state index contributed by atoms with van der Waals surface area (Å²) < 4.78 is 33.4. The minimum Gasteiger partial charge on any atom is -0.389 e. The van der Waals surface area contributed by atoms with Gasteiger partial charge in [-0.15, -0.1) is 0 Å². The second-order valence-corrected chi connectivity index (χ2v) is 9.70. The van der Waals surface area contributed by atoms with Crippen molar-refractivity contribution < 1.29 is 28.2 Å². The van der Waals surface area contributed by atoms with E-state index in [1.165, 1.54) is 12.1 Å². The Morgan fingerprint density at radius 1 is 1.26 bits per heavy atom. The summed E-state index contributed by atoms with van der Waals surface area (Å²) in [6, 6.07) is 2.08. The quantitative estimate of drug-likeness (QED) is 0.388. The number of unbranched alkanes of at least 4 members (excludes halogenated alkanes) is 2. The average molecular weight is 496 g/mol. The van der Waals surface area contributed by atoms with Crippen molar-refractivity contribution >= 4 is 11.8 Å². The fraction of sp³-hybridized carbons (Fsp3) is 0.692. The number of nitrogens with zero attached hydrogens (tertiary/aromatic N) is 1. The number of carbonyl (C=O) groups is 2. The molecule has 0 radical (unpaired) electrons. The van der Waals surface area contributed by atoms with Gasteiger partial charge in [-0.3, -0.25) is 9.59 Å². The Bertz CT molecular complexity index is 834. The molecule has 2 fully saturated rings. The average Bonchev–Trinajstić information content (AvgIpc) is 3.18. The first-order valence-corrected chi connectivity index (χ1v) is 12.9. The van der Waals surface area contributed by atoms with E-state index in [9.17, 15) is 23.5 Å². The van der Waals surface area contributed by atoms with E-state index in [4.69, 9.17) is 4.74 Å². The molecule has 2 saturated heterocycles. The van der Waals surface area contributed by atoms with Crippen LogP contribution in [0.5, 0.6) is 0 Å². The van der Waals surface area contributed by atoms with Crippen LogP contribution in [-0.4, -0.2) is 72.4 Å². The van der Waals surface area contributed by atoms with Crippen LogP contribution in [0.4, 0.5) is 8.78 Å². The summed E-state index contributed by atoms with van der Waals surface area (Å²) in [5, 5.41) is 17.5. The number of hydrogen-bond acceptors (Lipinski definition) is 5. The van der Waals surface area contributed by atoms with Gasteiger partial charge in [0.05, 0.1) is 24.2 Å². The molecule has 0 bridgehead atoms. The van der Waals surface area contributed by atoms with Crippen LogP contribution in [0.25, 0.3) is 0 Å². The first-order chi connectivity index (χ1) is 16.8. The van der Waals surface area contributed by atoms with Gasteiger partial charge < -0.3 is 25.4 Å². The summed E-state index contributed by atoms with van der Waals surface area (Å²) >= 11 is 0. The Morgan fingerprint density at radius 2 is 2.00 bits per heavy atom. The minimum absolute atomic E-state index is 0.00648. The highest BCUT2D eigenvalue weighted by Gasteiger charge is 2.38. The molecular formula is C26H39F2N3O4. The lowest BCUT2D eigenvalue weighted by Crippen LogP contribution is -2.57. The first kappa shape index (κ1) is 27.5. The van der Waals surface area contributed by atoms with E-state index < -0.39 is 29.7 Å². The van der Waals surface area contributed by atoms with Gasteiger partial charge >= 0.3 is 0 Å². The number of nitrogens with one attached hydrogen (secondary N) is 2. The lowest BCUT2D eigenvalue weighted by atomic mass is 9.89. The molecule has 2 heterocycles. The summed E-state index contributed by atoms with van der Waals surface area (Å²) in [5.74, 6) is -2.31. The van der Waals surface area contributed by atoms with Crippen molar-refractivity contribution in [2.45, 2.75) is 83.1 Å². The number of amides is 2. The van der Waals surface area contributed by atoms with Crippen LogP contribution in [-0.2, 0) is 20.7 Å². The molecule has 35 heavy (non-hydrogen) atoms. The highest BCUT2D eigenvalue weighted by molar-refractivity contribution is 5.89. The van der Waals surface area contributed by atoms with Crippen molar-refractivity contribution in [3.05, 3.63) is 35.4 Å². The van der Waals surface area contributed by atoms with Crippen LogP contribution < -0.4 is 10.6 Å². The maximum atomic E-state index is 13.8. The zero-order valence-electron chi connectivity index (χ0n) is 20.8. The molecule has 0 unspecified atom stereocenters. The Hall–Kier alpha value is -2.10. The van der Waals surface area contributed by atoms with Crippen molar-refractivity contribution in [3.8, 4) is 0 Å². The Labute approximate surface area is 206 Å². The molecule has 0 aliphatic carbocycles. The van der Waals surface area contributed by atoms with Gasteiger partial charge in [-0.2, -0.15) is 0 Å². The van der Waals surface area contributed by atoms with Crippen LogP contribution in [0.2, 0.25) is 0 Å². The van der Waals surface area contributed by atoms with Crippen molar-refractivity contribution in [1.82, 2.24) is 15.5 Å². The van der Waals surface area contributed by atoms with Gasteiger partial charge in [0.15, 0.2) is 0 Å². The molecule has 2 aliphatic heterocycles. The second kappa shape index (κ2) is 13.3. The number of hydrogen-bond donors (Lipinski definition) is 3. The van der Waals surface area contributed by atoms with Gasteiger partial charge in [-0.05, 0) is 56.8 Å². The summed E-state index contributed by atoms with van der Waals surface area (Å²) in [6.45, 7) is 6.22. The highest BCUT2D eigenvalue weighted by atomic mass is 19.1. The molecule has 1 aromatic rings. The third kappa shape index (κ3) is 7.95. The molecule has 7 nitrogen and oxygen atoms in total. The van der Waals surface area contributed by atoms with E-state index in [1.807, 2.05) is 6.92 Å². The SMILES string of the molecule is CCCCCN1C[C@@H](C(=O)N[C@@H](Cc2cc(F)cc(F)c2)[C@H](O)[C@H]2C[C@@H](OCC)CCN2)CC1=O. The van der Waals surface area contributed by atoms with Gasteiger partial charge in [0, 0.05) is 38.2 Å². The number of carbonyl (C=O) groups excluding carboxylic acids is 2. The number of aliphatic hydroxyl groups excluding tert-OH is 1. The number of aliphatic hydroxyl groups is 1. The summed E-state index contributed by atoms with van der Waals surface area (Å²) in [5.41, 5.74) is 0.340. The Kier molecular flexibility index (Phi) is 10.4. The monoisotopic (exact) mass is 495 g/mol. The molecule has 0 spiro atoms. The predicted molar refractivity (Wildman–Crippen MR) is 129 cm³/mol. The van der Waals surface area contributed by atoms with E-state index in [0.717, 1.165) is 31.7 Å². The molecule has 5 atom stereocenters. The van der Waals surface area contributed by atoms with Crippen molar-refractivity contribution in [2.75, 3.05) is 26.2 Å². The van der Waals surface area contributed by atoms with Gasteiger partial charge in [0.1, 0.15) is 11.6 Å². The van der Waals surface area contributed by atoms with E-state index in [0.29, 0.717) is 38.2 Å². The lowest BCUT2D eigenvalue weighted by Gasteiger charge is -2.37. The van der Waals surface area contributed by atoms with E-state index in [-0.39, 0.29) is 36.8 Å². The fourth-order valence-corrected chi connectivity index (χ4v) is 5.10. The molecular weight excluding hydrogens is 456 g/mol. The normalized spacial score (nSPS) is 24.4. The highest BCUT2D eigenvalue weighted by Crippen LogP contribution is 2.22. The van der Waals surface area contributed by atoms with Crippen molar-refractivity contribution in [1.29, 1.82) is 0 Å². The van der Waals surface area contributed by atoms with Gasteiger partial charge in [0.2, 0.25) is 11.8 Å². The maximum absolute atomic E-state index is 13.8. The largest absolute Gasteiger partial charge is 0.389 e. The zero-order valence-corrected chi connectivity index (χ0v) is 20.8. The minimum atomic E-state index is -1.01. The van der Waals surface area contributed by atoms with Gasteiger partial charge in [-0.1, -0.05) is 19.8 Å². The molecule has 3 rings (SSSR count). The van der Waals surface area contributed by atoms with Crippen LogP contribution in [0.1, 0.15) is 57.9 Å². The third-order valence-electron chi connectivity index (χ3n) is 6.94. The van der Waals surface area contributed by atoms with Crippen LogP contribution in [0.3, 0.4) is 0 Å². The molecule has 196 valence electrons. The van der Waals surface area contributed by atoms with Crippen LogP contribution >= 0.6 is 0 Å². The number of ether oxygens (including phenoxy) is 1. The topological polar surface area (TPSA) is 90.9 Å². The smallest absolute Gasteiger partial charge is 0.225 e. The lowest BCUT2D eigenvalue weighted by molar-refractivity contribution is -0.129. The fourth-order valence-electron chi connectivity index (χ4n) is 5.10. The summed E-state index contributed by atoms with van der Waals surface area (Å²) in [7, 11) is 0. The molecule has 2 aliphatic rings. The number of benzene rings is 1. The van der Waals surface area contributed by atoms with E-state index in [2.05, 4.69) is 17.6 Å². The van der Waals surface area contributed by atoms with Gasteiger partial charge in [-0.25, -0.2) is 8.78 Å². The standard InChI is InChI=1S/C26H39F2N3O4/c1-3-5-6-9-31-16-18(13-24(31)32)26(34)30-23(12-17-10-19(27)14-20(28)11-17)25(33)22-15-21(35-4-2)7-8-29-22/h10-11,14,18,21-23,25,29,33H,3-9,12-13,15-16H2,1-2H3,(H,30,34)/t18-,21-,22+,23-,25+/m0/s1. The molecule has 9 heteroatoms. The van der Waals surface area contributed by atoms with Crippen LogP contribution in [0.15, 0.2) is 18.2 Å². The second-order valence-electron chi connectivity index (χ2n) is 9.70. The number of likely N-dealkylation sites (tertiary alicyclic amines) is 1. The molecule has 1 aromatic carbocycles. The zero-order chi connectivity index (χ0) is 25.4.